The topological polar surface area (TPSA) is 78.4 Å². The van der Waals surface area contributed by atoms with Crippen molar-refractivity contribution in [3.63, 3.8) is 0 Å². The van der Waals surface area contributed by atoms with Gasteiger partial charge >= 0.3 is 5.69 Å². The molecule has 0 fully saturated rings. The molecule has 0 saturated carbocycles. The minimum atomic E-state index is -0.549. The average molecular weight is 243 g/mol. The van der Waals surface area contributed by atoms with Crippen LogP contribution in [0, 0.1) is 10.1 Å². The number of rotatable bonds is 5. The monoisotopic (exact) mass is 242 g/mol. The Labute approximate surface area is 97.6 Å². The zero-order chi connectivity index (χ0) is 12.1. The first-order chi connectivity index (χ1) is 7.56. The number of halogens is 1. The van der Waals surface area contributed by atoms with E-state index in [1.807, 2.05) is 0 Å². The maximum absolute atomic E-state index is 10.7. The molecular formula is C10H11ClN2O3. The fourth-order valence-electron chi connectivity index (χ4n) is 1.02. The smallest absolute Gasteiger partial charge is 0.312 e. The van der Waals surface area contributed by atoms with Crippen molar-refractivity contribution in [2.75, 3.05) is 13.2 Å². The lowest BCUT2D eigenvalue weighted by molar-refractivity contribution is -0.385. The fraction of sp³-hybridized carbons (Fsp3) is 0.200. The van der Waals surface area contributed by atoms with E-state index in [2.05, 4.69) is 6.58 Å². The SMILES string of the molecule is C=C(CN)COc1c(Cl)cccc1[N+](=O)[O-]. The number of para-hydroxylation sites is 1. The third-order valence-corrected chi connectivity index (χ3v) is 2.15. The summed E-state index contributed by atoms with van der Waals surface area (Å²) in [4.78, 5) is 10.2. The van der Waals surface area contributed by atoms with Crippen LogP contribution >= 0.6 is 11.6 Å². The molecule has 0 aromatic heterocycles. The maximum Gasteiger partial charge on any atom is 0.312 e. The highest BCUT2D eigenvalue weighted by atomic mass is 35.5. The van der Waals surface area contributed by atoms with E-state index in [4.69, 9.17) is 22.1 Å². The Hall–Kier alpha value is -1.59. The Morgan fingerprint density at radius 2 is 2.31 bits per heavy atom. The van der Waals surface area contributed by atoms with Crippen LogP contribution < -0.4 is 10.5 Å². The lowest BCUT2D eigenvalue weighted by atomic mass is 10.3. The number of hydrogen-bond acceptors (Lipinski definition) is 4. The third-order valence-electron chi connectivity index (χ3n) is 1.85. The lowest BCUT2D eigenvalue weighted by Gasteiger charge is -2.08. The van der Waals surface area contributed by atoms with E-state index < -0.39 is 4.92 Å². The lowest BCUT2D eigenvalue weighted by Crippen LogP contribution is -2.10. The normalized spacial score (nSPS) is 9.88. The van der Waals surface area contributed by atoms with Crippen LogP contribution in [-0.4, -0.2) is 18.1 Å². The van der Waals surface area contributed by atoms with Crippen LogP contribution in [0.5, 0.6) is 5.75 Å². The Morgan fingerprint density at radius 1 is 1.62 bits per heavy atom. The average Bonchev–Trinajstić information content (AvgIpc) is 2.26. The molecule has 0 heterocycles. The summed E-state index contributed by atoms with van der Waals surface area (Å²) in [6.07, 6.45) is 0. The van der Waals surface area contributed by atoms with Crippen LogP contribution in [-0.2, 0) is 0 Å². The maximum atomic E-state index is 10.7. The molecule has 0 radical (unpaired) electrons. The molecule has 0 spiro atoms. The minimum absolute atomic E-state index is 0.0452. The Balaban J connectivity index is 2.93. The van der Waals surface area contributed by atoms with Gasteiger partial charge in [0.25, 0.3) is 0 Å². The number of nitrogens with two attached hydrogens (primary N) is 1. The molecule has 1 aromatic rings. The van der Waals surface area contributed by atoms with E-state index in [0.717, 1.165) is 0 Å². The molecule has 1 rings (SSSR count). The first kappa shape index (κ1) is 12.5. The summed E-state index contributed by atoms with van der Waals surface area (Å²) in [5, 5.41) is 10.9. The summed E-state index contributed by atoms with van der Waals surface area (Å²) in [6, 6.07) is 4.34. The van der Waals surface area contributed by atoms with E-state index in [1.165, 1.54) is 18.2 Å². The summed E-state index contributed by atoms with van der Waals surface area (Å²) in [5.74, 6) is 0.0452. The van der Waals surface area contributed by atoms with Crippen LogP contribution in [0.3, 0.4) is 0 Å². The highest BCUT2D eigenvalue weighted by Crippen LogP contribution is 2.34. The van der Waals surface area contributed by atoms with Gasteiger partial charge < -0.3 is 10.5 Å². The van der Waals surface area contributed by atoms with Gasteiger partial charge in [-0.15, -0.1) is 0 Å². The zero-order valence-corrected chi connectivity index (χ0v) is 9.24. The molecule has 0 unspecified atom stereocenters. The molecule has 0 saturated heterocycles. The summed E-state index contributed by atoms with van der Waals surface area (Å²) in [7, 11) is 0. The zero-order valence-electron chi connectivity index (χ0n) is 8.48. The van der Waals surface area contributed by atoms with Crippen LogP contribution in [0.1, 0.15) is 0 Å². The van der Waals surface area contributed by atoms with Crippen molar-refractivity contribution in [3.05, 3.63) is 45.5 Å². The number of ether oxygens (including phenoxy) is 1. The molecule has 5 nitrogen and oxygen atoms in total. The van der Waals surface area contributed by atoms with Crippen LogP contribution in [0.2, 0.25) is 5.02 Å². The van der Waals surface area contributed by atoms with Gasteiger partial charge in [0, 0.05) is 12.6 Å². The van der Waals surface area contributed by atoms with Crippen molar-refractivity contribution in [3.8, 4) is 5.75 Å². The molecule has 16 heavy (non-hydrogen) atoms. The highest BCUT2D eigenvalue weighted by molar-refractivity contribution is 6.32. The predicted octanol–water partition coefficient (Wildman–Crippen LogP) is 2.14. The van der Waals surface area contributed by atoms with Crippen molar-refractivity contribution in [1.29, 1.82) is 0 Å². The van der Waals surface area contributed by atoms with Crippen molar-refractivity contribution >= 4 is 17.3 Å². The quantitative estimate of drug-likeness (QED) is 0.487. The molecule has 1 aromatic carbocycles. The molecule has 86 valence electrons. The first-order valence-electron chi connectivity index (χ1n) is 4.48. The number of nitro groups is 1. The van der Waals surface area contributed by atoms with Gasteiger partial charge in [-0.2, -0.15) is 0 Å². The summed E-state index contributed by atoms with van der Waals surface area (Å²) >= 11 is 5.81. The molecular weight excluding hydrogens is 232 g/mol. The molecule has 0 bridgehead atoms. The molecule has 2 N–H and O–H groups in total. The molecule has 0 amide bonds. The van der Waals surface area contributed by atoms with Gasteiger partial charge in [-0.1, -0.05) is 24.2 Å². The van der Waals surface area contributed by atoms with Crippen molar-refractivity contribution < 1.29 is 9.66 Å². The summed E-state index contributed by atoms with van der Waals surface area (Å²) in [6.45, 7) is 4.00. The van der Waals surface area contributed by atoms with Gasteiger partial charge in [0.15, 0.2) is 0 Å². The molecule has 0 aliphatic carbocycles. The van der Waals surface area contributed by atoms with Crippen LogP contribution in [0.4, 0.5) is 5.69 Å². The van der Waals surface area contributed by atoms with E-state index in [0.29, 0.717) is 5.57 Å². The standard InChI is InChI=1S/C10H11ClN2O3/c1-7(5-12)6-16-10-8(11)3-2-4-9(10)13(14)15/h2-4H,1,5-6,12H2. The Morgan fingerprint density at radius 3 is 2.88 bits per heavy atom. The van der Waals surface area contributed by atoms with Crippen molar-refractivity contribution in [2.45, 2.75) is 0 Å². The van der Waals surface area contributed by atoms with E-state index in [1.54, 1.807) is 0 Å². The first-order valence-corrected chi connectivity index (χ1v) is 4.86. The van der Waals surface area contributed by atoms with E-state index in [-0.39, 0.29) is 29.6 Å². The summed E-state index contributed by atoms with van der Waals surface area (Å²) < 4.78 is 5.23. The second-order valence-electron chi connectivity index (χ2n) is 3.09. The second-order valence-corrected chi connectivity index (χ2v) is 3.50. The summed E-state index contributed by atoms with van der Waals surface area (Å²) in [5.41, 5.74) is 5.79. The Kier molecular flexibility index (Phi) is 4.28. The van der Waals surface area contributed by atoms with Gasteiger partial charge in [-0.3, -0.25) is 10.1 Å². The van der Waals surface area contributed by atoms with E-state index >= 15 is 0 Å². The third kappa shape index (κ3) is 2.95. The molecule has 0 atom stereocenters. The van der Waals surface area contributed by atoms with Crippen molar-refractivity contribution in [2.24, 2.45) is 5.73 Å². The fourth-order valence-corrected chi connectivity index (χ4v) is 1.24. The minimum Gasteiger partial charge on any atom is -0.481 e. The van der Waals surface area contributed by atoms with Gasteiger partial charge in [-0.05, 0) is 11.6 Å². The molecule has 6 heteroatoms. The van der Waals surface area contributed by atoms with Gasteiger partial charge in [0.2, 0.25) is 5.75 Å². The van der Waals surface area contributed by atoms with E-state index in [9.17, 15) is 10.1 Å². The number of nitro benzene ring substituents is 1. The number of benzene rings is 1. The van der Waals surface area contributed by atoms with Crippen LogP contribution in [0.25, 0.3) is 0 Å². The number of nitrogens with zero attached hydrogens (tertiary/aromatic N) is 1. The predicted molar refractivity (Wildman–Crippen MR) is 61.8 cm³/mol. The number of hydrogen-bond donors (Lipinski definition) is 1. The second kappa shape index (κ2) is 5.48. The van der Waals surface area contributed by atoms with Gasteiger partial charge in [-0.25, -0.2) is 0 Å². The van der Waals surface area contributed by atoms with Crippen LogP contribution in [0.15, 0.2) is 30.4 Å². The molecule has 0 aliphatic rings. The molecule has 0 aliphatic heterocycles. The highest BCUT2D eigenvalue weighted by Gasteiger charge is 2.18. The van der Waals surface area contributed by atoms with Gasteiger partial charge in [0.05, 0.1) is 9.95 Å². The van der Waals surface area contributed by atoms with Crippen molar-refractivity contribution in [1.82, 2.24) is 0 Å². The van der Waals surface area contributed by atoms with Gasteiger partial charge in [0.1, 0.15) is 6.61 Å². The Bertz CT molecular complexity index is 421. The largest absolute Gasteiger partial charge is 0.481 e.